The van der Waals surface area contributed by atoms with Gasteiger partial charge in [0, 0.05) is 6.07 Å². The van der Waals surface area contributed by atoms with E-state index in [4.69, 9.17) is 62.7 Å². The van der Waals surface area contributed by atoms with E-state index in [1.807, 2.05) is 0 Å². The zero-order chi connectivity index (χ0) is 14.3. The quantitative estimate of drug-likeness (QED) is 0.368. The SMILES string of the molecule is COc1cc(Cl)c(Cl)c(Cl)c1-n1c(Cl)cc(Cl)c1I. The number of benzene rings is 1. The number of methoxy groups -OCH3 is 1. The number of hydrogen-bond acceptors (Lipinski definition) is 1. The smallest absolute Gasteiger partial charge is 0.146 e. The Morgan fingerprint density at radius 2 is 1.63 bits per heavy atom. The van der Waals surface area contributed by atoms with Gasteiger partial charge in [-0.25, -0.2) is 0 Å². The van der Waals surface area contributed by atoms with Crippen molar-refractivity contribution in [2.24, 2.45) is 0 Å². The molecule has 0 aliphatic carbocycles. The van der Waals surface area contributed by atoms with Gasteiger partial charge in [0.2, 0.25) is 0 Å². The summed E-state index contributed by atoms with van der Waals surface area (Å²) in [6.07, 6.45) is 0. The average molecular weight is 471 g/mol. The van der Waals surface area contributed by atoms with Crippen LogP contribution in [0, 0.1) is 3.70 Å². The molecule has 102 valence electrons. The van der Waals surface area contributed by atoms with Gasteiger partial charge in [-0.15, -0.1) is 0 Å². The normalized spacial score (nSPS) is 10.9. The highest BCUT2D eigenvalue weighted by atomic mass is 127. The molecule has 1 aromatic carbocycles. The number of ether oxygens (including phenoxy) is 1. The third-order valence-electron chi connectivity index (χ3n) is 2.40. The van der Waals surface area contributed by atoms with Crippen molar-refractivity contribution >= 4 is 80.6 Å². The number of hydrogen-bond donors (Lipinski definition) is 0. The molecule has 0 N–H and O–H groups in total. The molecule has 0 fully saturated rings. The van der Waals surface area contributed by atoms with E-state index in [1.165, 1.54) is 7.11 Å². The lowest BCUT2D eigenvalue weighted by Gasteiger charge is -2.16. The first kappa shape index (κ1) is 15.9. The minimum Gasteiger partial charge on any atom is -0.494 e. The van der Waals surface area contributed by atoms with E-state index in [1.54, 1.807) is 16.7 Å². The Labute approximate surface area is 148 Å². The maximum absolute atomic E-state index is 6.25. The van der Waals surface area contributed by atoms with Crippen molar-refractivity contribution in [3.8, 4) is 11.4 Å². The molecule has 0 aliphatic rings. The Morgan fingerprint density at radius 3 is 2.11 bits per heavy atom. The van der Waals surface area contributed by atoms with E-state index in [0.717, 1.165) is 0 Å². The molecular weight excluding hydrogens is 466 g/mol. The van der Waals surface area contributed by atoms with Gasteiger partial charge in [-0.05, 0) is 28.7 Å². The van der Waals surface area contributed by atoms with Crippen molar-refractivity contribution < 1.29 is 4.74 Å². The first-order valence-electron chi connectivity index (χ1n) is 4.82. The molecule has 0 amide bonds. The highest BCUT2D eigenvalue weighted by Gasteiger charge is 2.22. The molecule has 0 atom stereocenters. The van der Waals surface area contributed by atoms with Crippen molar-refractivity contribution in [2.45, 2.75) is 0 Å². The molecule has 0 radical (unpaired) electrons. The van der Waals surface area contributed by atoms with Crippen LogP contribution in [0.5, 0.6) is 5.75 Å². The van der Waals surface area contributed by atoms with Crippen LogP contribution in [0.1, 0.15) is 0 Å². The monoisotopic (exact) mass is 469 g/mol. The van der Waals surface area contributed by atoms with Gasteiger partial charge in [0.05, 0.1) is 27.2 Å². The van der Waals surface area contributed by atoms with E-state index in [-0.39, 0.29) is 10.0 Å². The third kappa shape index (κ3) is 2.78. The summed E-state index contributed by atoms with van der Waals surface area (Å²) in [5, 5.41) is 1.69. The summed E-state index contributed by atoms with van der Waals surface area (Å²) in [4.78, 5) is 0. The fraction of sp³-hybridized carbons (Fsp3) is 0.0909. The van der Waals surface area contributed by atoms with Crippen LogP contribution in [-0.2, 0) is 0 Å². The first-order chi connectivity index (χ1) is 8.88. The molecule has 0 unspecified atom stereocenters. The van der Waals surface area contributed by atoms with Gasteiger partial charge in [-0.2, -0.15) is 0 Å². The van der Waals surface area contributed by atoms with Crippen LogP contribution in [0.4, 0.5) is 0 Å². The van der Waals surface area contributed by atoms with E-state index in [9.17, 15) is 0 Å². The van der Waals surface area contributed by atoms with Gasteiger partial charge in [0.25, 0.3) is 0 Å². The molecule has 1 aromatic heterocycles. The van der Waals surface area contributed by atoms with Crippen LogP contribution in [-0.4, -0.2) is 11.7 Å². The molecule has 8 heteroatoms. The molecule has 2 nitrogen and oxygen atoms in total. The highest BCUT2D eigenvalue weighted by Crippen LogP contribution is 2.44. The molecule has 2 rings (SSSR count). The molecule has 19 heavy (non-hydrogen) atoms. The molecular formula is C11H5Cl5INO. The van der Waals surface area contributed by atoms with Crippen LogP contribution in [0.3, 0.4) is 0 Å². The van der Waals surface area contributed by atoms with Crippen LogP contribution >= 0.6 is 80.6 Å². The lowest BCUT2D eigenvalue weighted by molar-refractivity contribution is 0.413. The zero-order valence-corrected chi connectivity index (χ0v) is 15.2. The summed E-state index contributed by atoms with van der Waals surface area (Å²) in [6, 6.07) is 3.19. The predicted molar refractivity (Wildman–Crippen MR) is 90.1 cm³/mol. The predicted octanol–water partition coefficient (Wildman–Crippen LogP) is 6.36. The second kappa shape index (κ2) is 6.08. The van der Waals surface area contributed by atoms with E-state index >= 15 is 0 Å². The summed E-state index contributed by atoms with van der Waals surface area (Å²) < 4.78 is 7.63. The molecule has 1 heterocycles. The summed E-state index contributed by atoms with van der Waals surface area (Å²) in [6.45, 7) is 0. The van der Waals surface area contributed by atoms with Crippen LogP contribution in [0.25, 0.3) is 5.69 Å². The van der Waals surface area contributed by atoms with Gasteiger partial charge in [0.1, 0.15) is 20.3 Å². The van der Waals surface area contributed by atoms with Gasteiger partial charge in [0.15, 0.2) is 0 Å². The molecule has 0 saturated carbocycles. The second-order valence-corrected chi connectivity index (χ2v) is 6.46. The molecule has 0 spiro atoms. The standard InChI is InChI=1S/C11H5Cl5INO/c1-19-6-2-4(12)8(15)9(16)10(6)18-7(14)3-5(13)11(18)17/h2-3H,1H3. The topological polar surface area (TPSA) is 14.2 Å². The van der Waals surface area contributed by atoms with Crippen molar-refractivity contribution in [2.75, 3.05) is 7.11 Å². The zero-order valence-electron chi connectivity index (χ0n) is 9.28. The van der Waals surface area contributed by atoms with Gasteiger partial charge in [-0.1, -0.05) is 58.0 Å². The second-order valence-electron chi connectivity index (χ2n) is 3.48. The lowest BCUT2D eigenvalue weighted by Crippen LogP contribution is -2.02. The maximum atomic E-state index is 6.25. The summed E-state index contributed by atoms with van der Waals surface area (Å²) >= 11 is 32.6. The first-order valence-corrected chi connectivity index (χ1v) is 7.79. The molecule has 0 saturated heterocycles. The third-order valence-corrected chi connectivity index (χ3v) is 5.60. The lowest BCUT2D eigenvalue weighted by atomic mass is 10.3. The fourth-order valence-electron chi connectivity index (χ4n) is 1.56. The van der Waals surface area contributed by atoms with Crippen LogP contribution in [0.2, 0.25) is 25.2 Å². The minimum absolute atomic E-state index is 0.232. The largest absolute Gasteiger partial charge is 0.494 e. The Bertz CT molecular complexity index is 655. The number of halogens is 6. The fourth-order valence-corrected chi connectivity index (χ4v) is 3.55. The van der Waals surface area contributed by atoms with E-state index in [0.29, 0.717) is 30.3 Å². The van der Waals surface area contributed by atoms with E-state index < -0.39 is 0 Å². The Balaban J connectivity index is 2.85. The molecule has 0 bridgehead atoms. The Hall–Kier alpha value is 0.480. The Morgan fingerprint density at radius 1 is 1.00 bits per heavy atom. The number of aromatic nitrogens is 1. The summed E-state index contributed by atoms with van der Waals surface area (Å²) in [5.41, 5.74) is 0.500. The van der Waals surface area contributed by atoms with E-state index in [2.05, 4.69) is 22.6 Å². The average Bonchev–Trinajstić information content (AvgIpc) is 2.61. The summed E-state index contributed by atoms with van der Waals surface area (Å²) in [5.74, 6) is 0.450. The van der Waals surface area contributed by atoms with Gasteiger partial charge in [-0.3, -0.25) is 4.57 Å². The van der Waals surface area contributed by atoms with Crippen LogP contribution < -0.4 is 4.74 Å². The number of nitrogens with zero attached hydrogens (tertiary/aromatic N) is 1. The van der Waals surface area contributed by atoms with Crippen LogP contribution in [0.15, 0.2) is 12.1 Å². The molecule has 2 aromatic rings. The summed E-state index contributed by atoms with van der Waals surface area (Å²) in [7, 11) is 1.51. The van der Waals surface area contributed by atoms with Crippen molar-refractivity contribution in [3.63, 3.8) is 0 Å². The minimum atomic E-state index is 0.232. The van der Waals surface area contributed by atoms with Gasteiger partial charge >= 0.3 is 0 Å². The van der Waals surface area contributed by atoms with Crippen molar-refractivity contribution in [3.05, 3.63) is 41.1 Å². The van der Waals surface area contributed by atoms with Crippen molar-refractivity contribution in [1.82, 2.24) is 4.57 Å². The molecule has 0 aliphatic heterocycles. The maximum Gasteiger partial charge on any atom is 0.146 e. The highest BCUT2D eigenvalue weighted by molar-refractivity contribution is 14.1. The Kier molecular flexibility index (Phi) is 5.07. The van der Waals surface area contributed by atoms with Crippen molar-refractivity contribution in [1.29, 1.82) is 0 Å². The number of rotatable bonds is 2. The van der Waals surface area contributed by atoms with Gasteiger partial charge < -0.3 is 4.74 Å².